The Bertz CT molecular complexity index is 1570. The molecule has 0 bridgehead atoms. The van der Waals surface area contributed by atoms with E-state index in [-0.39, 0.29) is 28.7 Å². The van der Waals surface area contributed by atoms with E-state index in [1.165, 1.54) is 37.0 Å². The van der Waals surface area contributed by atoms with Gasteiger partial charge in [-0.2, -0.15) is 8.78 Å². The first-order valence-corrected chi connectivity index (χ1v) is 12.4. The lowest BCUT2D eigenvalue weighted by Crippen LogP contribution is -2.40. The molecule has 38 heavy (non-hydrogen) atoms. The Kier molecular flexibility index (Phi) is 7.96. The highest BCUT2D eigenvalue weighted by Gasteiger charge is 2.34. The first-order chi connectivity index (χ1) is 18.1. The summed E-state index contributed by atoms with van der Waals surface area (Å²) in [4.78, 5) is 31.9. The Morgan fingerprint density at radius 1 is 1.11 bits per heavy atom. The van der Waals surface area contributed by atoms with Crippen LogP contribution < -0.4 is 29.1 Å². The van der Waals surface area contributed by atoms with E-state index in [1.807, 2.05) is 0 Å². The van der Waals surface area contributed by atoms with Crippen LogP contribution in [0, 0.1) is 0 Å². The van der Waals surface area contributed by atoms with Crippen LogP contribution in [0.4, 0.5) is 8.78 Å². The number of ether oxygens (including phenoxy) is 4. The number of hydrogen-bond donors (Lipinski definition) is 0. The van der Waals surface area contributed by atoms with E-state index in [2.05, 4.69) is 9.73 Å². The van der Waals surface area contributed by atoms with E-state index < -0.39 is 18.6 Å². The number of nitrogens with zero attached hydrogens (tertiary/aromatic N) is 2. The molecule has 0 fully saturated rings. The average molecular weight is 545 g/mol. The molecule has 0 unspecified atom stereocenters. The molecular formula is C27H26F2N2O6S. The van der Waals surface area contributed by atoms with Gasteiger partial charge in [0.05, 0.1) is 42.2 Å². The summed E-state index contributed by atoms with van der Waals surface area (Å²) in [5, 5.41) is 0. The van der Waals surface area contributed by atoms with Crippen molar-refractivity contribution in [1.29, 1.82) is 0 Å². The van der Waals surface area contributed by atoms with Crippen molar-refractivity contribution in [3.8, 4) is 17.2 Å². The van der Waals surface area contributed by atoms with Crippen molar-refractivity contribution in [2.45, 2.75) is 39.5 Å². The van der Waals surface area contributed by atoms with Crippen LogP contribution in [0.2, 0.25) is 0 Å². The molecule has 8 nitrogen and oxygen atoms in total. The van der Waals surface area contributed by atoms with E-state index in [4.69, 9.17) is 14.2 Å². The molecule has 2 heterocycles. The Morgan fingerprint density at radius 3 is 2.53 bits per heavy atom. The second-order valence-electron chi connectivity index (χ2n) is 8.60. The van der Waals surface area contributed by atoms with Gasteiger partial charge < -0.3 is 18.9 Å². The lowest BCUT2D eigenvalue weighted by atomic mass is 9.95. The summed E-state index contributed by atoms with van der Waals surface area (Å²) in [6.07, 6.45) is 1.23. The van der Waals surface area contributed by atoms with E-state index in [9.17, 15) is 18.4 Å². The van der Waals surface area contributed by atoms with E-state index >= 15 is 0 Å². The number of halogens is 2. The van der Waals surface area contributed by atoms with Crippen molar-refractivity contribution < 1.29 is 32.5 Å². The Morgan fingerprint density at radius 2 is 1.87 bits per heavy atom. The fourth-order valence-corrected chi connectivity index (χ4v) is 5.15. The highest BCUT2D eigenvalue weighted by atomic mass is 32.1. The van der Waals surface area contributed by atoms with Gasteiger partial charge in [0.25, 0.3) is 5.56 Å². The van der Waals surface area contributed by atoms with E-state index in [1.54, 1.807) is 51.1 Å². The van der Waals surface area contributed by atoms with Crippen molar-refractivity contribution in [2.24, 2.45) is 4.99 Å². The highest BCUT2D eigenvalue weighted by molar-refractivity contribution is 7.07. The first-order valence-electron chi connectivity index (χ1n) is 11.6. The van der Waals surface area contributed by atoms with Crippen LogP contribution in [0.5, 0.6) is 17.2 Å². The maximum Gasteiger partial charge on any atom is 0.387 e. The predicted molar refractivity (Wildman–Crippen MR) is 138 cm³/mol. The van der Waals surface area contributed by atoms with Gasteiger partial charge in [-0.3, -0.25) is 9.36 Å². The van der Waals surface area contributed by atoms with Gasteiger partial charge in [0.1, 0.15) is 5.75 Å². The molecule has 0 amide bonds. The van der Waals surface area contributed by atoms with Gasteiger partial charge in [-0.05, 0) is 62.2 Å². The number of carbonyl (C=O) groups excluding carboxylic acids is 1. The Balaban J connectivity index is 1.89. The maximum atomic E-state index is 13.7. The molecule has 0 saturated carbocycles. The molecule has 2 aromatic carbocycles. The number of allylic oxidation sites excluding steroid dienone is 1. The fourth-order valence-electron chi connectivity index (χ4n) is 4.11. The zero-order valence-corrected chi connectivity index (χ0v) is 22.2. The van der Waals surface area contributed by atoms with E-state index in [0.29, 0.717) is 31.9 Å². The van der Waals surface area contributed by atoms with Crippen LogP contribution in [0.1, 0.15) is 37.9 Å². The van der Waals surface area contributed by atoms with Gasteiger partial charge in [-0.25, -0.2) is 9.79 Å². The SMILES string of the molecule is COc1cccc([C@@H]2C(C(=O)OC(C)C)=C(C)N=c3s/c(=C\c4ccc(OC(F)F)c(OC)c4)c(=O)n32)c1. The van der Waals surface area contributed by atoms with Crippen LogP contribution >= 0.6 is 11.3 Å². The number of carbonyl (C=O) groups is 1. The Hall–Kier alpha value is -3.99. The number of alkyl halides is 2. The number of fused-ring (bicyclic) bond motifs is 1. The molecule has 0 spiro atoms. The number of methoxy groups -OCH3 is 2. The predicted octanol–water partition coefficient (Wildman–Crippen LogP) is 3.81. The normalized spacial score (nSPS) is 15.4. The van der Waals surface area contributed by atoms with E-state index in [0.717, 1.165) is 11.3 Å². The summed E-state index contributed by atoms with van der Waals surface area (Å²) in [5.74, 6) is -0.0320. The largest absolute Gasteiger partial charge is 0.497 e. The standard InChI is InChI=1S/C27H26F2N2O6S/c1-14(2)36-25(33)22-15(3)30-27-31(23(22)17-7-6-8-18(13-17)34-4)24(32)21(38-27)12-16-9-10-19(37-26(28)29)20(11-16)35-5/h6-14,23,26H,1-5H3/b21-12-/t23-/m1/s1. The lowest BCUT2D eigenvalue weighted by molar-refractivity contribution is -0.143. The summed E-state index contributed by atoms with van der Waals surface area (Å²) in [5.41, 5.74) is 1.49. The molecule has 4 rings (SSSR count). The minimum atomic E-state index is -3.00. The average Bonchev–Trinajstić information content (AvgIpc) is 3.17. The number of hydrogen-bond acceptors (Lipinski definition) is 8. The van der Waals surface area contributed by atoms with Crippen LogP contribution in [0.3, 0.4) is 0 Å². The van der Waals surface area contributed by atoms with Crippen molar-refractivity contribution in [1.82, 2.24) is 4.57 Å². The van der Waals surface area contributed by atoms with Crippen molar-refractivity contribution in [3.63, 3.8) is 0 Å². The van der Waals surface area contributed by atoms with Crippen molar-refractivity contribution >= 4 is 23.4 Å². The molecule has 1 aromatic heterocycles. The second-order valence-corrected chi connectivity index (χ2v) is 9.61. The van der Waals surface area contributed by atoms with Gasteiger partial charge in [-0.1, -0.05) is 29.5 Å². The quantitative estimate of drug-likeness (QED) is 0.401. The summed E-state index contributed by atoms with van der Waals surface area (Å²) < 4.78 is 47.7. The fraction of sp³-hybridized carbons (Fsp3) is 0.296. The molecule has 1 aliphatic rings. The molecule has 0 radical (unpaired) electrons. The molecule has 0 saturated heterocycles. The third kappa shape index (κ3) is 5.47. The summed E-state index contributed by atoms with van der Waals surface area (Å²) in [6, 6.07) is 10.7. The minimum Gasteiger partial charge on any atom is -0.497 e. The molecule has 1 atom stereocenters. The molecular weight excluding hydrogens is 518 g/mol. The van der Waals surface area contributed by atoms with Crippen molar-refractivity contribution in [2.75, 3.05) is 14.2 Å². The minimum absolute atomic E-state index is 0.0932. The van der Waals surface area contributed by atoms with Crippen LogP contribution in [0.15, 0.2) is 63.5 Å². The van der Waals surface area contributed by atoms with Gasteiger partial charge in [0, 0.05) is 0 Å². The molecule has 0 N–H and O–H groups in total. The number of rotatable bonds is 8. The van der Waals surface area contributed by atoms with Gasteiger partial charge in [0.2, 0.25) is 0 Å². The molecule has 3 aromatic rings. The second kappa shape index (κ2) is 11.2. The molecule has 200 valence electrons. The lowest BCUT2D eigenvalue weighted by Gasteiger charge is -2.25. The number of thiazole rings is 1. The highest BCUT2D eigenvalue weighted by Crippen LogP contribution is 2.33. The third-order valence-corrected chi connectivity index (χ3v) is 6.68. The maximum absolute atomic E-state index is 13.7. The van der Waals surface area contributed by atoms with Gasteiger partial charge in [0.15, 0.2) is 16.3 Å². The smallest absolute Gasteiger partial charge is 0.387 e. The number of aromatic nitrogens is 1. The monoisotopic (exact) mass is 544 g/mol. The van der Waals surface area contributed by atoms with Crippen LogP contribution in [-0.2, 0) is 9.53 Å². The third-order valence-electron chi connectivity index (χ3n) is 5.70. The number of esters is 1. The molecule has 1 aliphatic heterocycles. The van der Waals surface area contributed by atoms with Crippen LogP contribution in [0.25, 0.3) is 6.08 Å². The summed E-state index contributed by atoms with van der Waals surface area (Å²) >= 11 is 1.14. The first kappa shape index (κ1) is 27.1. The zero-order valence-electron chi connectivity index (χ0n) is 21.4. The summed E-state index contributed by atoms with van der Waals surface area (Å²) in [7, 11) is 2.87. The van der Waals surface area contributed by atoms with Gasteiger partial charge in [-0.15, -0.1) is 0 Å². The molecule has 11 heteroatoms. The van der Waals surface area contributed by atoms with Crippen molar-refractivity contribution in [3.05, 3.63) is 84.5 Å². The number of benzene rings is 2. The molecule has 0 aliphatic carbocycles. The zero-order chi connectivity index (χ0) is 27.6. The summed E-state index contributed by atoms with van der Waals surface area (Å²) in [6.45, 7) is 2.19. The van der Waals surface area contributed by atoms with Gasteiger partial charge >= 0.3 is 12.6 Å². The Labute approximate surface area is 221 Å². The topological polar surface area (TPSA) is 88.4 Å². The van der Waals surface area contributed by atoms with Crippen LogP contribution in [-0.4, -0.2) is 37.5 Å².